The van der Waals surface area contributed by atoms with Gasteiger partial charge >= 0.3 is 0 Å². The summed E-state index contributed by atoms with van der Waals surface area (Å²) in [5.41, 5.74) is 1.15. The van der Waals surface area contributed by atoms with Crippen molar-refractivity contribution in [3.05, 3.63) is 66.4 Å². The largest absolute Gasteiger partial charge is 0.388 e. The van der Waals surface area contributed by atoms with Crippen molar-refractivity contribution >= 4 is 15.7 Å². The first-order valence-corrected chi connectivity index (χ1v) is 8.33. The van der Waals surface area contributed by atoms with Crippen molar-refractivity contribution in [2.45, 2.75) is 11.5 Å². The fourth-order valence-corrected chi connectivity index (χ4v) is 3.24. The van der Waals surface area contributed by atoms with Gasteiger partial charge in [0, 0.05) is 5.56 Å². The maximum absolute atomic E-state index is 12.5. The second-order valence-corrected chi connectivity index (χ2v) is 6.45. The highest BCUT2D eigenvalue weighted by Crippen LogP contribution is 2.32. The van der Waals surface area contributed by atoms with Gasteiger partial charge in [0.05, 0.1) is 4.90 Å². The van der Waals surface area contributed by atoms with E-state index in [1.165, 1.54) is 12.1 Å². The molecule has 0 spiro atoms. The van der Waals surface area contributed by atoms with Gasteiger partial charge in [-0.3, -0.25) is 4.72 Å². The van der Waals surface area contributed by atoms with E-state index in [2.05, 4.69) is 9.88 Å². The van der Waals surface area contributed by atoms with Crippen LogP contribution in [-0.2, 0) is 16.6 Å². The number of aromatic nitrogens is 1. The molecule has 0 bridgehead atoms. The van der Waals surface area contributed by atoms with Crippen LogP contribution in [0, 0.1) is 0 Å². The van der Waals surface area contributed by atoms with Gasteiger partial charge in [-0.25, -0.2) is 8.42 Å². The molecule has 0 radical (unpaired) electrons. The van der Waals surface area contributed by atoms with Crippen LogP contribution in [0.25, 0.3) is 11.3 Å². The van der Waals surface area contributed by atoms with Crippen LogP contribution < -0.4 is 4.72 Å². The topological polar surface area (TPSA) is 92.4 Å². The fourth-order valence-electron chi connectivity index (χ4n) is 2.12. The van der Waals surface area contributed by atoms with E-state index in [1.54, 1.807) is 42.5 Å². The Balaban J connectivity index is 2.05. The summed E-state index contributed by atoms with van der Waals surface area (Å²) in [7, 11) is -3.81. The van der Waals surface area contributed by atoms with Gasteiger partial charge in [0.2, 0.25) is 0 Å². The molecule has 2 N–H and O–H groups in total. The number of anilines is 1. The lowest BCUT2D eigenvalue weighted by Crippen LogP contribution is -2.14. The molecule has 0 fully saturated rings. The molecule has 3 rings (SSSR count). The summed E-state index contributed by atoms with van der Waals surface area (Å²) in [6.45, 7) is -0.466. The minimum atomic E-state index is -3.81. The molecular formula is C16H14N2O4S. The van der Waals surface area contributed by atoms with E-state index in [0.29, 0.717) is 11.3 Å². The number of hydrogen-bond donors (Lipinski definition) is 2. The van der Waals surface area contributed by atoms with Gasteiger partial charge in [-0.05, 0) is 12.1 Å². The molecule has 0 saturated heterocycles. The molecule has 0 aliphatic rings. The van der Waals surface area contributed by atoms with Crippen LogP contribution in [0.1, 0.15) is 5.76 Å². The zero-order valence-electron chi connectivity index (χ0n) is 12.0. The number of aliphatic hydroxyl groups excluding tert-OH is 1. The van der Waals surface area contributed by atoms with Crippen LogP contribution in [0.2, 0.25) is 0 Å². The highest BCUT2D eigenvalue weighted by Gasteiger charge is 2.23. The van der Waals surface area contributed by atoms with Crippen molar-refractivity contribution in [1.82, 2.24) is 5.16 Å². The summed E-state index contributed by atoms with van der Waals surface area (Å²) in [5.74, 6) is 0.0587. The van der Waals surface area contributed by atoms with Crippen LogP contribution in [0.5, 0.6) is 0 Å². The van der Waals surface area contributed by atoms with Crippen molar-refractivity contribution in [2.24, 2.45) is 0 Å². The van der Waals surface area contributed by atoms with Gasteiger partial charge in [-0.15, -0.1) is 0 Å². The Morgan fingerprint density at radius 3 is 2.22 bits per heavy atom. The van der Waals surface area contributed by atoms with Gasteiger partial charge in [0.25, 0.3) is 10.0 Å². The second kappa shape index (κ2) is 6.23. The summed E-state index contributed by atoms with van der Waals surface area (Å²) < 4.78 is 32.5. The van der Waals surface area contributed by atoms with E-state index >= 15 is 0 Å². The Morgan fingerprint density at radius 1 is 1.00 bits per heavy atom. The van der Waals surface area contributed by atoms with Crippen LogP contribution >= 0.6 is 0 Å². The van der Waals surface area contributed by atoms with Gasteiger partial charge < -0.3 is 9.63 Å². The molecule has 6 nitrogen and oxygen atoms in total. The standard InChI is InChI=1S/C16H14N2O4S/c19-11-14-16(15(17-22-14)12-7-3-1-4-8-12)18-23(20,21)13-9-5-2-6-10-13/h1-10,18-19H,11H2. The van der Waals surface area contributed by atoms with E-state index in [1.807, 2.05) is 6.07 Å². The lowest BCUT2D eigenvalue weighted by Gasteiger charge is -2.08. The van der Waals surface area contributed by atoms with Crippen LogP contribution in [0.3, 0.4) is 0 Å². The summed E-state index contributed by atoms with van der Waals surface area (Å²) in [5, 5.41) is 13.3. The normalized spacial score (nSPS) is 11.3. The number of nitrogens with one attached hydrogen (secondary N) is 1. The average molecular weight is 330 g/mol. The quantitative estimate of drug-likeness (QED) is 0.750. The SMILES string of the molecule is O=S(=O)(Nc1c(-c2ccccc2)noc1CO)c1ccccc1. The maximum Gasteiger partial charge on any atom is 0.262 e. The minimum Gasteiger partial charge on any atom is -0.388 e. The van der Waals surface area contributed by atoms with Crippen molar-refractivity contribution < 1.29 is 18.0 Å². The Bertz CT molecular complexity index is 890. The molecule has 1 aromatic heterocycles. The molecule has 23 heavy (non-hydrogen) atoms. The maximum atomic E-state index is 12.5. The van der Waals surface area contributed by atoms with E-state index in [-0.39, 0.29) is 16.3 Å². The predicted octanol–water partition coefficient (Wildman–Crippen LogP) is 2.63. The third-order valence-corrected chi connectivity index (χ3v) is 4.61. The minimum absolute atomic E-state index is 0.0587. The van der Waals surface area contributed by atoms with Gasteiger partial charge in [0.1, 0.15) is 18.0 Å². The third-order valence-electron chi connectivity index (χ3n) is 3.24. The molecule has 0 amide bonds. The number of nitrogens with zero attached hydrogens (tertiary/aromatic N) is 1. The molecular weight excluding hydrogens is 316 g/mol. The smallest absolute Gasteiger partial charge is 0.262 e. The molecule has 2 aromatic carbocycles. The predicted molar refractivity (Wildman–Crippen MR) is 85.1 cm³/mol. The van der Waals surface area contributed by atoms with Crippen molar-refractivity contribution in [2.75, 3.05) is 4.72 Å². The van der Waals surface area contributed by atoms with E-state index < -0.39 is 16.6 Å². The monoisotopic (exact) mass is 330 g/mol. The molecule has 118 valence electrons. The first kappa shape index (κ1) is 15.3. The van der Waals surface area contributed by atoms with Crippen molar-refractivity contribution in [1.29, 1.82) is 0 Å². The van der Waals surface area contributed by atoms with Crippen LogP contribution in [-0.4, -0.2) is 18.7 Å². The average Bonchev–Trinajstić information content (AvgIpc) is 2.98. The molecule has 0 aliphatic heterocycles. The molecule has 7 heteroatoms. The highest BCUT2D eigenvalue weighted by molar-refractivity contribution is 7.92. The summed E-state index contributed by atoms with van der Waals surface area (Å²) in [4.78, 5) is 0.115. The molecule has 0 atom stereocenters. The number of hydrogen-bond acceptors (Lipinski definition) is 5. The first-order valence-electron chi connectivity index (χ1n) is 6.84. The van der Waals surface area contributed by atoms with E-state index in [0.717, 1.165) is 0 Å². The molecule has 1 heterocycles. The van der Waals surface area contributed by atoms with E-state index in [9.17, 15) is 13.5 Å². The van der Waals surface area contributed by atoms with E-state index in [4.69, 9.17) is 4.52 Å². The Kier molecular flexibility index (Phi) is 4.14. The number of rotatable bonds is 5. The third kappa shape index (κ3) is 3.10. The number of aliphatic hydroxyl groups is 1. The second-order valence-electron chi connectivity index (χ2n) is 4.77. The first-order chi connectivity index (χ1) is 11.1. The Hall–Kier alpha value is -2.64. The highest BCUT2D eigenvalue weighted by atomic mass is 32.2. The Morgan fingerprint density at radius 2 is 1.61 bits per heavy atom. The Labute approximate surface area is 133 Å². The summed E-state index contributed by atoms with van der Waals surface area (Å²) in [6, 6.07) is 17.0. The number of benzene rings is 2. The van der Waals surface area contributed by atoms with Crippen LogP contribution in [0.15, 0.2) is 70.1 Å². The zero-order chi connectivity index (χ0) is 16.3. The van der Waals surface area contributed by atoms with Gasteiger partial charge in [-0.1, -0.05) is 53.7 Å². The lowest BCUT2D eigenvalue weighted by atomic mass is 10.1. The zero-order valence-corrected chi connectivity index (χ0v) is 12.8. The van der Waals surface area contributed by atoms with Gasteiger partial charge in [0.15, 0.2) is 5.76 Å². The summed E-state index contributed by atoms with van der Waals surface area (Å²) in [6.07, 6.45) is 0. The van der Waals surface area contributed by atoms with Crippen LogP contribution in [0.4, 0.5) is 5.69 Å². The molecule has 0 aliphatic carbocycles. The van der Waals surface area contributed by atoms with Crippen molar-refractivity contribution in [3.8, 4) is 11.3 Å². The fraction of sp³-hybridized carbons (Fsp3) is 0.0625. The molecule has 0 saturated carbocycles. The lowest BCUT2D eigenvalue weighted by molar-refractivity contribution is 0.230. The van der Waals surface area contributed by atoms with Crippen molar-refractivity contribution in [3.63, 3.8) is 0 Å². The molecule has 3 aromatic rings. The molecule has 0 unspecified atom stereocenters. The number of sulfonamides is 1. The summed E-state index contributed by atoms with van der Waals surface area (Å²) >= 11 is 0. The van der Waals surface area contributed by atoms with Gasteiger partial charge in [-0.2, -0.15) is 0 Å².